The van der Waals surface area contributed by atoms with Crippen molar-refractivity contribution < 1.29 is 4.79 Å². The highest BCUT2D eigenvalue weighted by Crippen LogP contribution is 2.01. The molecule has 0 fully saturated rings. The summed E-state index contributed by atoms with van der Waals surface area (Å²) >= 11 is 0. The van der Waals surface area contributed by atoms with Gasteiger partial charge in [0.15, 0.2) is 0 Å². The van der Waals surface area contributed by atoms with Crippen LogP contribution in [0.2, 0.25) is 0 Å². The van der Waals surface area contributed by atoms with E-state index in [1.165, 1.54) is 19.3 Å². The van der Waals surface area contributed by atoms with Crippen molar-refractivity contribution >= 4 is 5.91 Å². The van der Waals surface area contributed by atoms with Crippen molar-refractivity contribution in [1.29, 1.82) is 0 Å². The third kappa shape index (κ3) is 11.3. The summed E-state index contributed by atoms with van der Waals surface area (Å²) in [6, 6.07) is 0. The maximum Gasteiger partial charge on any atom is 0.220 e. The molecule has 0 atom stereocenters. The number of unbranched alkanes of at least 4 members (excludes halogenated alkanes) is 4. The number of nitrogens with one attached hydrogen (secondary N) is 1. The summed E-state index contributed by atoms with van der Waals surface area (Å²) in [5, 5.41) is 2.92. The molecule has 0 aliphatic rings. The van der Waals surface area contributed by atoms with E-state index in [1.807, 2.05) is 0 Å². The number of carbonyl (C=O) groups excluding carboxylic acids is 1. The Morgan fingerprint density at radius 1 is 1.00 bits per heavy atom. The van der Waals surface area contributed by atoms with E-state index in [9.17, 15) is 4.79 Å². The van der Waals surface area contributed by atoms with Crippen LogP contribution >= 0.6 is 0 Å². The van der Waals surface area contributed by atoms with Crippen LogP contribution in [0.1, 0.15) is 65.2 Å². The molecule has 0 aromatic rings. The molecule has 16 heavy (non-hydrogen) atoms. The molecule has 0 aliphatic heterocycles. The second-order valence-electron chi connectivity index (χ2n) is 4.21. The maximum absolute atomic E-state index is 11.3. The van der Waals surface area contributed by atoms with Gasteiger partial charge in [-0.2, -0.15) is 0 Å². The molecule has 0 saturated carbocycles. The van der Waals surface area contributed by atoms with E-state index in [2.05, 4.69) is 31.3 Å². The molecule has 0 heterocycles. The van der Waals surface area contributed by atoms with Gasteiger partial charge in [-0.15, -0.1) is 0 Å². The molecule has 2 heteroatoms. The highest BCUT2D eigenvalue weighted by atomic mass is 16.1. The van der Waals surface area contributed by atoms with Crippen molar-refractivity contribution in [2.45, 2.75) is 65.2 Å². The van der Waals surface area contributed by atoms with E-state index in [0.29, 0.717) is 6.42 Å². The number of carbonyl (C=O) groups is 1. The lowest BCUT2D eigenvalue weighted by Crippen LogP contribution is -2.23. The van der Waals surface area contributed by atoms with Crippen molar-refractivity contribution in [3.63, 3.8) is 0 Å². The van der Waals surface area contributed by atoms with Gasteiger partial charge in [-0.1, -0.05) is 45.3 Å². The Kier molecular flexibility index (Phi) is 11.7. The molecule has 94 valence electrons. The standard InChI is InChI=1S/C14H27NO/c1-3-5-7-8-9-10-11-12-14(16)15-13-6-4-2/h9-10H,3-8,11-13H2,1-2H3,(H,15,16)/b10-9+. The minimum atomic E-state index is 0.187. The zero-order valence-corrected chi connectivity index (χ0v) is 10.9. The summed E-state index contributed by atoms with van der Waals surface area (Å²) in [5.41, 5.74) is 0. The average molecular weight is 225 g/mol. The molecule has 0 aliphatic carbocycles. The number of hydrogen-bond acceptors (Lipinski definition) is 1. The van der Waals surface area contributed by atoms with E-state index in [-0.39, 0.29) is 5.91 Å². The molecular weight excluding hydrogens is 198 g/mol. The third-order valence-corrected chi connectivity index (χ3v) is 2.53. The van der Waals surface area contributed by atoms with Gasteiger partial charge in [-0.3, -0.25) is 4.79 Å². The molecule has 0 spiro atoms. The van der Waals surface area contributed by atoms with Gasteiger partial charge in [-0.25, -0.2) is 0 Å². The van der Waals surface area contributed by atoms with Gasteiger partial charge >= 0.3 is 0 Å². The fraction of sp³-hybridized carbons (Fsp3) is 0.786. The smallest absolute Gasteiger partial charge is 0.220 e. The van der Waals surface area contributed by atoms with E-state index in [0.717, 1.165) is 32.2 Å². The van der Waals surface area contributed by atoms with Gasteiger partial charge in [-0.05, 0) is 25.7 Å². The van der Waals surface area contributed by atoms with Crippen molar-refractivity contribution in [3.05, 3.63) is 12.2 Å². The number of rotatable bonds is 10. The normalized spacial score (nSPS) is 10.9. The lowest BCUT2D eigenvalue weighted by atomic mass is 10.2. The second-order valence-corrected chi connectivity index (χ2v) is 4.21. The first-order valence-corrected chi connectivity index (χ1v) is 6.73. The van der Waals surface area contributed by atoms with Crippen LogP contribution in [0.25, 0.3) is 0 Å². The van der Waals surface area contributed by atoms with E-state index in [4.69, 9.17) is 0 Å². The van der Waals surface area contributed by atoms with Gasteiger partial charge in [0.05, 0.1) is 0 Å². The average Bonchev–Trinajstić information content (AvgIpc) is 2.28. The van der Waals surface area contributed by atoms with Crippen molar-refractivity contribution in [2.75, 3.05) is 6.54 Å². The quantitative estimate of drug-likeness (QED) is 0.444. The Labute approximate surface area is 101 Å². The largest absolute Gasteiger partial charge is 0.356 e. The fourth-order valence-corrected chi connectivity index (χ4v) is 1.46. The second kappa shape index (κ2) is 12.3. The molecule has 0 aromatic heterocycles. The predicted octanol–water partition coefficient (Wildman–Crippen LogP) is 3.82. The first-order chi connectivity index (χ1) is 7.81. The lowest BCUT2D eigenvalue weighted by Gasteiger charge is -2.01. The summed E-state index contributed by atoms with van der Waals surface area (Å²) in [7, 11) is 0. The zero-order chi connectivity index (χ0) is 12.1. The molecule has 2 nitrogen and oxygen atoms in total. The minimum Gasteiger partial charge on any atom is -0.356 e. The van der Waals surface area contributed by atoms with Crippen LogP contribution in [-0.4, -0.2) is 12.5 Å². The minimum absolute atomic E-state index is 0.187. The lowest BCUT2D eigenvalue weighted by molar-refractivity contribution is -0.121. The SMILES string of the molecule is CCCCC/C=C/CCC(=O)NCCCC. The molecule has 1 N–H and O–H groups in total. The number of amides is 1. The van der Waals surface area contributed by atoms with Gasteiger partial charge < -0.3 is 5.32 Å². The highest BCUT2D eigenvalue weighted by Gasteiger charge is 1.96. The Morgan fingerprint density at radius 2 is 1.69 bits per heavy atom. The van der Waals surface area contributed by atoms with E-state index < -0.39 is 0 Å². The molecular formula is C14H27NO. The Bertz CT molecular complexity index is 187. The summed E-state index contributed by atoms with van der Waals surface area (Å²) in [6.07, 6.45) is 13.1. The van der Waals surface area contributed by atoms with Crippen LogP contribution in [0.15, 0.2) is 12.2 Å². The molecule has 0 rings (SSSR count). The van der Waals surface area contributed by atoms with Crippen LogP contribution in [0, 0.1) is 0 Å². The molecule has 0 bridgehead atoms. The van der Waals surface area contributed by atoms with E-state index in [1.54, 1.807) is 0 Å². The Hall–Kier alpha value is -0.790. The Morgan fingerprint density at radius 3 is 2.38 bits per heavy atom. The number of allylic oxidation sites excluding steroid dienone is 2. The predicted molar refractivity (Wildman–Crippen MR) is 70.4 cm³/mol. The topological polar surface area (TPSA) is 29.1 Å². The summed E-state index contributed by atoms with van der Waals surface area (Å²) < 4.78 is 0. The van der Waals surface area contributed by atoms with Gasteiger partial charge in [0.1, 0.15) is 0 Å². The van der Waals surface area contributed by atoms with Crippen LogP contribution in [-0.2, 0) is 4.79 Å². The first kappa shape index (κ1) is 15.2. The molecule has 0 aromatic carbocycles. The van der Waals surface area contributed by atoms with Crippen LogP contribution < -0.4 is 5.32 Å². The molecule has 0 saturated heterocycles. The van der Waals surface area contributed by atoms with Gasteiger partial charge in [0.25, 0.3) is 0 Å². The van der Waals surface area contributed by atoms with E-state index >= 15 is 0 Å². The highest BCUT2D eigenvalue weighted by molar-refractivity contribution is 5.75. The molecule has 0 unspecified atom stereocenters. The zero-order valence-electron chi connectivity index (χ0n) is 10.9. The summed E-state index contributed by atoms with van der Waals surface area (Å²) in [5.74, 6) is 0.187. The number of hydrogen-bond donors (Lipinski definition) is 1. The van der Waals surface area contributed by atoms with Crippen LogP contribution in [0.3, 0.4) is 0 Å². The van der Waals surface area contributed by atoms with Gasteiger partial charge in [0.2, 0.25) is 5.91 Å². The van der Waals surface area contributed by atoms with Gasteiger partial charge in [0, 0.05) is 13.0 Å². The third-order valence-electron chi connectivity index (χ3n) is 2.53. The van der Waals surface area contributed by atoms with Crippen molar-refractivity contribution in [1.82, 2.24) is 5.32 Å². The summed E-state index contributed by atoms with van der Waals surface area (Å²) in [4.78, 5) is 11.3. The first-order valence-electron chi connectivity index (χ1n) is 6.73. The molecule has 0 radical (unpaired) electrons. The Balaban J connectivity index is 3.26. The maximum atomic E-state index is 11.3. The van der Waals surface area contributed by atoms with Crippen molar-refractivity contribution in [2.24, 2.45) is 0 Å². The van der Waals surface area contributed by atoms with Crippen molar-refractivity contribution in [3.8, 4) is 0 Å². The monoisotopic (exact) mass is 225 g/mol. The molecule has 1 amide bonds. The van der Waals surface area contributed by atoms with Crippen LogP contribution in [0.4, 0.5) is 0 Å². The van der Waals surface area contributed by atoms with Crippen LogP contribution in [0.5, 0.6) is 0 Å². The summed E-state index contributed by atoms with van der Waals surface area (Å²) in [6.45, 7) is 5.17. The fourth-order valence-electron chi connectivity index (χ4n) is 1.46.